The van der Waals surface area contributed by atoms with E-state index in [1.165, 1.54) is 5.56 Å². The van der Waals surface area contributed by atoms with E-state index in [9.17, 15) is 0 Å². The molecule has 3 rings (SSSR count). The summed E-state index contributed by atoms with van der Waals surface area (Å²) in [6.45, 7) is 2.07. The van der Waals surface area contributed by atoms with E-state index in [0.29, 0.717) is 11.7 Å². The van der Waals surface area contributed by atoms with Gasteiger partial charge in [0.15, 0.2) is 5.82 Å². The topological polar surface area (TPSA) is 64.9 Å². The number of aryl methyl sites for hydroxylation is 1. The summed E-state index contributed by atoms with van der Waals surface area (Å²) < 4.78 is 5.20. The molecule has 98 valence electrons. The highest BCUT2D eigenvalue weighted by molar-refractivity contribution is 5.65. The van der Waals surface area contributed by atoms with Gasteiger partial charge in [-0.1, -0.05) is 35.0 Å². The number of hydrogen-bond donors (Lipinski definition) is 1. The molecule has 1 aliphatic carbocycles. The first-order chi connectivity index (χ1) is 9.16. The van der Waals surface area contributed by atoms with Crippen molar-refractivity contribution in [2.24, 2.45) is 5.73 Å². The lowest BCUT2D eigenvalue weighted by molar-refractivity contribution is 0.229. The third-order valence-electron chi connectivity index (χ3n) is 3.63. The first-order valence-electron chi connectivity index (χ1n) is 6.54. The Morgan fingerprint density at radius 2 is 1.95 bits per heavy atom. The van der Waals surface area contributed by atoms with E-state index in [1.54, 1.807) is 0 Å². The second-order valence-electron chi connectivity index (χ2n) is 5.21. The Hall–Kier alpha value is -1.94. The standard InChI is InChI=1S/C15H17N3O/c1-11-3-5-12(6-4-11)7-8-13-17-14(18-19-13)15(16)9-2-10-15/h3-8H,2,9-10,16H2,1H3/b8-7+. The van der Waals surface area contributed by atoms with E-state index in [2.05, 4.69) is 41.3 Å². The number of hydrogen-bond acceptors (Lipinski definition) is 4. The van der Waals surface area contributed by atoms with Crippen molar-refractivity contribution in [2.75, 3.05) is 0 Å². The first-order valence-corrected chi connectivity index (χ1v) is 6.54. The minimum Gasteiger partial charge on any atom is -0.335 e. The summed E-state index contributed by atoms with van der Waals surface area (Å²) in [5, 5.41) is 3.97. The van der Waals surface area contributed by atoms with Crippen molar-refractivity contribution in [1.82, 2.24) is 10.1 Å². The Morgan fingerprint density at radius 3 is 2.58 bits per heavy atom. The molecule has 1 aromatic carbocycles. The zero-order valence-electron chi connectivity index (χ0n) is 11.0. The van der Waals surface area contributed by atoms with Crippen LogP contribution in [0.25, 0.3) is 12.2 Å². The molecule has 0 spiro atoms. The maximum absolute atomic E-state index is 6.15. The normalized spacial score (nSPS) is 17.6. The van der Waals surface area contributed by atoms with Crippen molar-refractivity contribution in [3.8, 4) is 0 Å². The second-order valence-corrected chi connectivity index (χ2v) is 5.21. The van der Waals surface area contributed by atoms with E-state index in [-0.39, 0.29) is 5.54 Å². The zero-order valence-corrected chi connectivity index (χ0v) is 11.0. The molecule has 19 heavy (non-hydrogen) atoms. The lowest BCUT2D eigenvalue weighted by Gasteiger charge is -2.34. The lowest BCUT2D eigenvalue weighted by atomic mass is 9.77. The summed E-state index contributed by atoms with van der Waals surface area (Å²) in [6, 6.07) is 8.25. The predicted octanol–water partition coefficient (Wildman–Crippen LogP) is 2.89. The van der Waals surface area contributed by atoms with Crippen molar-refractivity contribution >= 4 is 12.2 Å². The molecular weight excluding hydrogens is 238 g/mol. The van der Waals surface area contributed by atoms with Gasteiger partial charge >= 0.3 is 0 Å². The zero-order chi connectivity index (χ0) is 13.3. The molecule has 0 amide bonds. The van der Waals surface area contributed by atoms with Gasteiger partial charge in [0.05, 0.1) is 5.54 Å². The molecule has 2 N–H and O–H groups in total. The Bertz CT molecular complexity index is 594. The fourth-order valence-corrected chi connectivity index (χ4v) is 2.13. The summed E-state index contributed by atoms with van der Waals surface area (Å²) in [5.41, 5.74) is 8.14. The second kappa shape index (κ2) is 4.63. The largest absolute Gasteiger partial charge is 0.335 e. The van der Waals surface area contributed by atoms with Crippen molar-refractivity contribution in [3.05, 3.63) is 47.1 Å². The van der Waals surface area contributed by atoms with Gasteiger partial charge in [0, 0.05) is 6.08 Å². The molecular formula is C15H17N3O. The van der Waals surface area contributed by atoms with Crippen LogP contribution >= 0.6 is 0 Å². The van der Waals surface area contributed by atoms with Gasteiger partial charge in [-0.3, -0.25) is 0 Å². The molecule has 1 aliphatic rings. The van der Waals surface area contributed by atoms with Crippen LogP contribution in [0.1, 0.15) is 42.1 Å². The van der Waals surface area contributed by atoms with Crippen molar-refractivity contribution in [1.29, 1.82) is 0 Å². The van der Waals surface area contributed by atoms with Crippen LogP contribution in [0.15, 0.2) is 28.8 Å². The number of rotatable bonds is 3. The Labute approximate surface area is 112 Å². The summed E-state index contributed by atoms with van der Waals surface area (Å²) in [7, 11) is 0. The molecule has 0 radical (unpaired) electrons. The molecule has 0 atom stereocenters. The quantitative estimate of drug-likeness (QED) is 0.915. The van der Waals surface area contributed by atoms with Crippen LogP contribution in [0.4, 0.5) is 0 Å². The Morgan fingerprint density at radius 1 is 1.21 bits per heavy atom. The molecule has 4 heteroatoms. The third-order valence-corrected chi connectivity index (χ3v) is 3.63. The van der Waals surface area contributed by atoms with E-state index in [4.69, 9.17) is 10.3 Å². The Kier molecular flexibility index (Phi) is 2.95. The van der Waals surface area contributed by atoms with Crippen LogP contribution in [0.2, 0.25) is 0 Å². The van der Waals surface area contributed by atoms with Gasteiger partial charge in [-0.15, -0.1) is 0 Å². The minimum atomic E-state index is -0.362. The van der Waals surface area contributed by atoms with Gasteiger partial charge in [0.25, 0.3) is 5.89 Å². The van der Waals surface area contributed by atoms with E-state index in [1.807, 2.05) is 12.2 Å². The molecule has 0 saturated heterocycles. The average Bonchev–Trinajstić information content (AvgIpc) is 2.84. The van der Waals surface area contributed by atoms with Gasteiger partial charge in [-0.05, 0) is 37.8 Å². The fraction of sp³-hybridized carbons (Fsp3) is 0.333. The van der Waals surface area contributed by atoms with Gasteiger partial charge in [-0.2, -0.15) is 4.98 Å². The van der Waals surface area contributed by atoms with Gasteiger partial charge in [0.2, 0.25) is 0 Å². The average molecular weight is 255 g/mol. The summed E-state index contributed by atoms with van der Waals surface area (Å²) in [4.78, 5) is 4.35. The maximum atomic E-state index is 6.15. The van der Waals surface area contributed by atoms with Crippen LogP contribution in [0.3, 0.4) is 0 Å². The van der Waals surface area contributed by atoms with E-state index >= 15 is 0 Å². The number of nitrogens with two attached hydrogens (primary N) is 1. The molecule has 0 bridgehead atoms. The maximum Gasteiger partial charge on any atom is 0.250 e. The van der Waals surface area contributed by atoms with Crippen LogP contribution < -0.4 is 5.73 Å². The SMILES string of the molecule is Cc1ccc(/C=C/c2nc(C3(N)CCC3)no2)cc1. The predicted molar refractivity (Wildman–Crippen MR) is 74.1 cm³/mol. The van der Waals surface area contributed by atoms with E-state index < -0.39 is 0 Å². The highest BCUT2D eigenvalue weighted by Gasteiger charge is 2.38. The fourth-order valence-electron chi connectivity index (χ4n) is 2.13. The van der Waals surface area contributed by atoms with Crippen LogP contribution in [0, 0.1) is 6.92 Å². The minimum absolute atomic E-state index is 0.362. The molecule has 1 aromatic heterocycles. The van der Waals surface area contributed by atoms with Gasteiger partial charge in [-0.25, -0.2) is 0 Å². The van der Waals surface area contributed by atoms with Crippen molar-refractivity contribution in [2.45, 2.75) is 31.7 Å². The molecule has 1 fully saturated rings. The van der Waals surface area contributed by atoms with Crippen molar-refractivity contribution < 1.29 is 4.52 Å². The molecule has 0 aliphatic heterocycles. The van der Waals surface area contributed by atoms with Crippen LogP contribution in [-0.4, -0.2) is 10.1 Å². The summed E-state index contributed by atoms with van der Waals surface area (Å²) in [5.74, 6) is 1.13. The number of aromatic nitrogens is 2. The van der Waals surface area contributed by atoms with Crippen LogP contribution in [-0.2, 0) is 5.54 Å². The molecule has 1 saturated carbocycles. The molecule has 1 heterocycles. The van der Waals surface area contributed by atoms with Crippen LogP contribution in [0.5, 0.6) is 0 Å². The molecule has 0 unspecified atom stereocenters. The summed E-state index contributed by atoms with van der Waals surface area (Å²) >= 11 is 0. The highest BCUT2D eigenvalue weighted by atomic mass is 16.5. The van der Waals surface area contributed by atoms with Gasteiger partial charge in [0.1, 0.15) is 0 Å². The highest BCUT2D eigenvalue weighted by Crippen LogP contribution is 2.36. The first kappa shape index (κ1) is 12.1. The molecule has 4 nitrogen and oxygen atoms in total. The monoisotopic (exact) mass is 255 g/mol. The Balaban J connectivity index is 1.75. The third kappa shape index (κ3) is 2.44. The van der Waals surface area contributed by atoms with Gasteiger partial charge < -0.3 is 10.3 Å². The van der Waals surface area contributed by atoms with Crippen molar-refractivity contribution in [3.63, 3.8) is 0 Å². The number of nitrogens with zero attached hydrogens (tertiary/aromatic N) is 2. The lowest BCUT2D eigenvalue weighted by Crippen LogP contribution is -2.44. The van der Waals surface area contributed by atoms with E-state index in [0.717, 1.165) is 24.8 Å². The molecule has 2 aromatic rings. The summed E-state index contributed by atoms with van der Waals surface area (Å²) in [6.07, 6.45) is 6.80. The number of benzene rings is 1. The smallest absolute Gasteiger partial charge is 0.250 e.